The van der Waals surface area contributed by atoms with Crippen LogP contribution < -0.4 is 5.73 Å². The third-order valence-corrected chi connectivity index (χ3v) is 3.32. The summed E-state index contributed by atoms with van der Waals surface area (Å²) in [5, 5.41) is 0. The smallest absolute Gasteiger partial charge is 0.0254 e. The molecule has 0 heterocycles. The SMILES string of the molecule is CC(C)[C@@]1(N)C[C@@H]1c1ccccc1.Cl. The minimum Gasteiger partial charge on any atom is -0.324 e. The van der Waals surface area contributed by atoms with Crippen LogP contribution in [0.5, 0.6) is 0 Å². The van der Waals surface area contributed by atoms with Crippen LogP contribution >= 0.6 is 12.4 Å². The second kappa shape index (κ2) is 3.92. The summed E-state index contributed by atoms with van der Waals surface area (Å²) in [4.78, 5) is 0. The Hall–Kier alpha value is -0.530. The Morgan fingerprint density at radius 1 is 1.29 bits per heavy atom. The Labute approximate surface area is 92.1 Å². The Morgan fingerprint density at radius 3 is 2.29 bits per heavy atom. The van der Waals surface area contributed by atoms with Gasteiger partial charge in [-0.2, -0.15) is 0 Å². The van der Waals surface area contributed by atoms with Gasteiger partial charge in [-0.25, -0.2) is 0 Å². The molecule has 0 aromatic heterocycles. The molecule has 2 N–H and O–H groups in total. The summed E-state index contributed by atoms with van der Waals surface area (Å²) in [5.41, 5.74) is 7.74. The summed E-state index contributed by atoms with van der Waals surface area (Å²) in [5.74, 6) is 1.17. The first-order valence-electron chi connectivity index (χ1n) is 4.98. The molecule has 0 aliphatic heterocycles. The first-order chi connectivity index (χ1) is 6.14. The van der Waals surface area contributed by atoms with E-state index in [1.165, 1.54) is 5.56 Å². The standard InChI is InChI=1S/C12H17N.ClH/c1-9(2)12(13)8-11(12)10-6-4-3-5-7-10;/h3-7,9,11H,8,13H2,1-2H3;1H/t11-,12+;/m1./s1. The summed E-state index contributed by atoms with van der Waals surface area (Å²) < 4.78 is 0. The van der Waals surface area contributed by atoms with Crippen molar-refractivity contribution in [3.05, 3.63) is 35.9 Å². The van der Waals surface area contributed by atoms with Crippen molar-refractivity contribution in [2.24, 2.45) is 11.7 Å². The van der Waals surface area contributed by atoms with Gasteiger partial charge in [-0.05, 0) is 17.9 Å². The van der Waals surface area contributed by atoms with Crippen LogP contribution in [-0.2, 0) is 0 Å². The van der Waals surface area contributed by atoms with E-state index in [1.807, 2.05) is 0 Å². The molecular weight excluding hydrogens is 194 g/mol. The molecular formula is C12H18ClN. The Morgan fingerprint density at radius 2 is 1.86 bits per heavy atom. The van der Waals surface area contributed by atoms with Crippen molar-refractivity contribution in [3.63, 3.8) is 0 Å². The van der Waals surface area contributed by atoms with Gasteiger partial charge in [-0.3, -0.25) is 0 Å². The van der Waals surface area contributed by atoms with Crippen LogP contribution in [0.1, 0.15) is 31.7 Å². The maximum Gasteiger partial charge on any atom is 0.0254 e. The molecule has 2 heteroatoms. The van der Waals surface area contributed by atoms with Gasteiger partial charge >= 0.3 is 0 Å². The summed E-state index contributed by atoms with van der Waals surface area (Å²) in [6, 6.07) is 10.6. The molecule has 0 unspecified atom stereocenters. The molecule has 0 bridgehead atoms. The molecule has 1 aliphatic rings. The summed E-state index contributed by atoms with van der Waals surface area (Å²) in [7, 11) is 0. The van der Waals surface area contributed by atoms with E-state index in [-0.39, 0.29) is 17.9 Å². The lowest BCUT2D eigenvalue weighted by atomic mass is 9.97. The number of halogens is 1. The van der Waals surface area contributed by atoms with Crippen LogP contribution in [0.2, 0.25) is 0 Å². The van der Waals surface area contributed by atoms with Crippen molar-refractivity contribution < 1.29 is 0 Å². The van der Waals surface area contributed by atoms with Gasteiger partial charge in [0, 0.05) is 11.5 Å². The van der Waals surface area contributed by atoms with Crippen molar-refractivity contribution in [1.29, 1.82) is 0 Å². The van der Waals surface area contributed by atoms with E-state index < -0.39 is 0 Å². The van der Waals surface area contributed by atoms with E-state index in [4.69, 9.17) is 5.73 Å². The average Bonchev–Trinajstić information content (AvgIpc) is 2.81. The molecule has 0 radical (unpaired) electrons. The highest BCUT2D eigenvalue weighted by atomic mass is 35.5. The first kappa shape index (κ1) is 11.5. The minimum absolute atomic E-state index is 0. The van der Waals surface area contributed by atoms with Crippen molar-refractivity contribution in [2.45, 2.75) is 31.7 Å². The first-order valence-corrected chi connectivity index (χ1v) is 4.98. The van der Waals surface area contributed by atoms with Crippen LogP contribution in [0.3, 0.4) is 0 Å². The van der Waals surface area contributed by atoms with E-state index in [2.05, 4.69) is 44.2 Å². The van der Waals surface area contributed by atoms with Gasteiger partial charge in [0.15, 0.2) is 0 Å². The Kier molecular flexibility index (Phi) is 3.23. The topological polar surface area (TPSA) is 26.0 Å². The van der Waals surface area contributed by atoms with E-state index in [0.29, 0.717) is 11.8 Å². The van der Waals surface area contributed by atoms with E-state index in [9.17, 15) is 0 Å². The van der Waals surface area contributed by atoms with Crippen molar-refractivity contribution >= 4 is 12.4 Å². The van der Waals surface area contributed by atoms with Crippen LogP contribution in [0.15, 0.2) is 30.3 Å². The molecule has 1 aromatic rings. The maximum absolute atomic E-state index is 6.27. The normalized spacial score (nSPS) is 29.9. The summed E-state index contributed by atoms with van der Waals surface area (Å²) in [6.07, 6.45) is 1.15. The molecule has 1 aromatic carbocycles. The van der Waals surface area contributed by atoms with Crippen LogP contribution in [0.25, 0.3) is 0 Å². The lowest BCUT2D eigenvalue weighted by molar-refractivity contribution is 0.464. The van der Waals surface area contributed by atoms with Gasteiger partial charge in [0.05, 0.1) is 0 Å². The highest BCUT2D eigenvalue weighted by molar-refractivity contribution is 5.85. The van der Waals surface area contributed by atoms with E-state index in [1.54, 1.807) is 0 Å². The molecule has 1 fully saturated rings. The molecule has 2 rings (SSSR count). The van der Waals surface area contributed by atoms with E-state index >= 15 is 0 Å². The van der Waals surface area contributed by atoms with Crippen molar-refractivity contribution in [3.8, 4) is 0 Å². The number of nitrogens with two attached hydrogens (primary N) is 1. The lowest BCUT2D eigenvalue weighted by Crippen LogP contribution is -2.30. The molecule has 1 nitrogen and oxygen atoms in total. The lowest BCUT2D eigenvalue weighted by Gasteiger charge is -2.15. The number of rotatable bonds is 2. The zero-order valence-electron chi connectivity index (χ0n) is 8.73. The minimum atomic E-state index is 0. The molecule has 14 heavy (non-hydrogen) atoms. The van der Waals surface area contributed by atoms with Crippen LogP contribution in [-0.4, -0.2) is 5.54 Å². The zero-order valence-corrected chi connectivity index (χ0v) is 9.55. The molecule has 1 aliphatic carbocycles. The largest absolute Gasteiger partial charge is 0.324 e. The van der Waals surface area contributed by atoms with Crippen molar-refractivity contribution in [2.75, 3.05) is 0 Å². The van der Waals surface area contributed by atoms with Crippen LogP contribution in [0.4, 0.5) is 0 Å². The van der Waals surface area contributed by atoms with Gasteiger partial charge in [0.25, 0.3) is 0 Å². The maximum atomic E-state index is 6.27. The fraction of sp³-hybridized carbons (Fsp3) is 0.500. The molecule has 78 valence electrons. The third-order valence-electron chi connectivity index (χ3n) is 3.32. The average molecular weight is 212 g/mol. The van der Waals surface area contributed by atoms with Gasteiger partial charge in [-0.1, -0.05) is 44.2 Å². The number of hydrogen-bond donors (Lipinski definition) is 1. The number of hydrogen-bond acceptors (Lipinski definition) is 1. The fourth-order valence-electron chi connectivity index (χ4n) is 2.05. The molecule has 0 amide bonds. The van der Waals surface area contributed by atoms with Crippen molar-refractivity contribution in [1.82, 2.24) is 0 Å². The summed E-state index contributed by atoms with van der Waals surface area (Å²) >= 11 is 0. The van der Waals surface area contributed by atoms with Gasteiger partial charge in [0.2, 0.25) is 0 Å². The fourth-order valence-corrected chi connectivity index (χ4v) is 2.05. The zero-order chi connectivity index (χ0) is 9.47. The molecule has 1 saturated carbocycles. The van der Waals surface area contributed by atoms with Gasteiger partial charge in [0.1, 0.15) is 0 Å². The van der Waals surface area contributed by atoms with Crippen LogP contribution in [0, 0.1) is 5.92 Å². The van der Waals surface area contributed by atoms with E-state index in [0.717, 1.165) is 6.42 Å². The molecule has 0 spiro atoms. The molecule has 2 atom stereocenters. The van der Waals surface area contributed by atoms with Gasteiger partial charge < -0.3 is 5.73 Å². The predicted molar refractivity (Wildman–Crippen MR) is 62.8 cm³/mol. The second-order valence-corrected chi connectivity index (χ2v) is 4.43. The quantitative estimate of drug-likeness (QED) is 0.800. The Balaban J connectivity index is 0.000000980. The second-order valence-electron chi connectivity index (χ2n) is 4.43. The monoisotopic (exact) mass is 211 g/mol. The molecule has 0 saturated heterocycles. The Bertz CT molecular complexity index is 296. The number of benzene rings is 1. The predicted octanol–water partition coefficient (Wildman–Crippen LogP) is 2.95. The van der Waals surface area contributed by atoms with Gasteiger partial charge in [-0.15, -0.1) is 12.4 Å². The summed E-state index contributed by atoms with van der Waals surface area (Å²) in [6.45, 7) is 4.42. The highest BCUT2D eigenvalue weighted by Crippen LogP contribution is 2.53. The third kappa shape index (κ3) is 1.79. The highest BCUT2D eigenvalue weighted by Gasteiger charge is 2.53.